The van der Waals surface area contributed by atoms with Crippen molar-refractivity contribution in [2.24, 2.45) is 5.92 Å². The van der Waals surface area contributed by atoms with Crippen LogP contribution >= 0.6 is 11.6 Å². The number of amides is 2. The lowest BCUT2D eigenvalue weighted by Gasteiger charge is -2.31. The van der Waals surface area contributed by atoms with Crippen LogP contribution in [0.2, 0.25) is 5.02 Å². The lowest BCUT2D eigenvalue weighted by Crippen LogP contribution is -2.43. The summed E-state index contributed by atoms with van der Waals surface area (Å²) in [5, 5.41) is 3.29. The molecule has 8 heteroatoms. The van der Waals surface area contributed by atoms with Gasteiger partial charge in [-0.05, 0) is 48.7 Å². The van der Waals surface area contributed by atoms with Crippen LogP contribution in [-0.4, -0.2) is 49.0 Å². The number of hydrogen-bond acceptors (Lipinski definition) is 5. The van der Waals surface area contributed by atoms with Crippen molar-refractivity contribution in [2.45, 2.75) is 12.8 Å². The summed E-state index contributed by atoms with van der Waals surface area (Å²) in [6.07, 6.45) is 6.19. The molecule has 2 aromatic rings. The number of anilines is 1. The van der Waals surface area contributed by atoms with Crippen LogP contribution in [-0.2, 0) is 9.59 Å². The van der Waals surface area contributed by atoms with E-state index in [1.54, 1.807) is 43.4 Å². The zero-order valence-corrected chi connectivity index (χ0v) is 17.7. The molecule has 1 atom stereocenters. The quantitative estimate of drug-likeness (QED) is 0.709. The van der Waals surface area contributed by atoms with E-state index in [1.807, 2.05) is 12.1 Å². The van der Waals surface area contributed by atoms with Gasteiger partial charge in [-0.3, -0.25) is 9.59 Å². The highest BCUT2D eigenvalue weighted by Gasteiger charge is 2.27. The average molecular weight is 430 g/mol. The average Bonchev–Trinajstić information content (AvgIpc) is 2.78. The minimum atomic E-state index is -0.287. The van der Waals surface area contributed by atoms with Crippen molar-refractivity contribution in [3.8, 4) is 11.5 Å². The minimum Gasteiger partial charge on any atom is -0.497 e. The number of likely N-dealkylation sites (tertiary alicyclic amines) is 1. The SMILES string of the molecule is COc1cc(C=CC(=O)N2CCCC(C(=O)Nc3ccc(Cl)cn3)C2)cc(OC)c1. The molecule has 30 heavy (non-hydrogen) atoms. The van der Waals surface area contributed by atoms with Gasteiger partial charge in [-0.25, -0.2) is 4.98 Å². The minimum absolute atomic E-state index is 0.140. The summed E-state index contributed by atoms with van der Waals surface area (Å²) in [6, 6.07) is 8.72. The molecule has 1 saturated heterocycles. The molecule has 0 spiro atoms. The van der Waals surface area contributed by atoms with Crippen molar-refractivity contribution in [3.05, 3.63) is 53.2 Å². The molecular formula is C22H24ClN3O4. The van der Waals surface area contributed by atoms with Crippen molar-refractivity contribution in [2.75, 3.05) is 32.6 Å². The highest BCUT2D eigenvalue weighted by atomic mass is 35.5. The van der Waals surface area contributed by atoms with E-state index in [0.717, 1.165) is 18.4 Å². The normalized spacial score (nSPS) is 16.4. The Hall–Kier alpha value is -3.06. The van der Waals surface area contributed by atoms with Gasteiger partial charge in [0.2, 0.25) is 11.8 Å². The van der Waals surface area contributed by atoms with E-state index in [2.05, 4.69) is 10.3 Å². The maximum absolute atomic E-state index is 12.7. The number of piperidine rings is 1. The Morgan fingerprint density at radius 1 is 1.20 bits per heavy atom. The van der Waals surface area contributed by atoms with Crippen molar-refractivity contribution in [1.82, 2.24) is 9.88 Å². The molecule has 2 heterocycles. The summed E-state index contributed by atoms with van der Waals surface area (Å²) in [5.74, 6) is 1.16. The third kappa shape index (κ3) is 5.73. The Bertz CT molecular complexity index is 908. The highest BCUT2D eigenvalue weighted by Crippen LogP contribution is 2.24. The van der Waals surface area contributed by atoms with Gasteiger partial charge in [-0.1, -0.05) is 11.6 Å². The Kier molecular flexibility index (Phi) is 7.30. The van der Waals surface area contributed by atoms with Crippen LogP contribution in [0, 0.1) is 5.92 Å². The van der Waals surface area contributed by atoms with Gasteiger partial charge in [-0.15, -0.1) is 0 Å². The molecule has 7 nitrogen and oxygen atoms in total. The number of carbonyl (C=O) groups is 2. The molecular weight excluding hydrogens is 406 g/mol. The Morgan fingerprint density at radius 2 is 1.93 bits per heavy atom. The third-order valence-electron chi connectivity index (χ3n) is 4.87. The summed E-state index contributed by atoms with van der Waals surface area (Å²) in [6.45, 7) is 0.984. The number of methoxy groups -OCH3 is 2. The number of aromatic nitrogens is 1. The van der Waals surface area contributed by atoms with E-state index < -0.39 is 0 Å². The predicted octanol–water partition coefficient (Wildman–Crippen LogP) is 3.64. The summed E-state index contributed by atoms with van der Waals surface area (Å²) in [5.41, 5.74) is 0.791. The van der Waals surface area contributed by atoms with E-state index in [9.17, 15) is 9.59 Å². The number of nitrogens with one attached hydrogen (secondary N) is 1. The van der Waals surface area contributed by atoms with Gasteiger partial charge >= 0.3 is 0 Å². The molecule has 1 aliphatic rings. The van der Waals surface area contributed by atoms with Gasteiger partial charge < -0.3 is 19.7 Å². The highest BCUT2D eigenvalue weighted by molar-refractivity contribution is 6.30. The fourth-order valence-corrected chi connectivity index (χ4v) is 3.38. The number of pyridine rings is 1. The van der Waals surface area contributed by atoms with Crippen molar-refractivity contribution < 1.29 is 19.1 Å². The van der Waals surface area contributed by atoms with Gasteiger partial charge in [0.25, 0.3) is 0 Å². The molecule has 158 valence electrons. The number of nitrogens with zero attached hydrogens (tertiary/aromatic N) is 2. The fraction of sp³-hybridized carbons (Fsp3) is 0.318. The zero-order chi connectivity index (χ0) is 21.5. The van der Waals surface area contributed by atoms with Gasteiger partial charge in [0.05, 0.1) is 25.2 Å². The topological polar surface area (TPSA) is 80.8 Å². The molecule has 1 aromatic heterocycles. The van der Waals surface area contributed by atoms with Gasteiger partial charge in [0.15, 0.2) is 0 Å². The molecule has 3 rings (SSSR count). The monoisotopic (exact) mass is 429 g/mol. The van der Waals surface area contributed by atoms with Crippen LogP contribution in [0.4, 0.5) is 5.82 Å². The van der Waals surface area contributed by atoms with Crippen molar-refractivity contribution in [3.63, 3.8) is 0 Å². The van der Waals surface area contributed by atoms with E-state index >= 15 is 0 Å². The fourth-order valence-electron chi connectivity index (χ4n) is 3.27. The van der Waals surface area contributed by atoms with Gasteiger partial charge in [-0.2, -0.15) is 0 Å². The van der Waals surface area contributed by atoms with E-state index in [0.29, 0.717) is 35.4 Å². The Labute approximate surface area is 180 Å². The van der Waals surface area contributed by atoms with Crippen molar-refractivity contribution in [1.29, 1.82) is 0 Å². The van der Waals surface area contributed by atoms with Crippen molar-refractivity contribution >= 4 is 35.3 Å². The lowest BCUT2D eigenvalue weighted by molar-refractivity contribution is -0.130. The first-order chi connectivity index (χ1) is 14.5. The molecule has 1 aliphatic heterocycles. The van der Waals surface area contributed by atoms with Crippen LogP contribution in [0.1, 0.15) is 18.4 Å². The number of hydrogen-bond donors (Lipinski definition) is 1. The molecule has 1 unspecified atom stereocenters. The van der Waals surface area contributed by atoms with E-state index in [1.165, 1.54) is 12.3 Å². The number of halogens is 1. The van der Waals surface area contributed by atoms with Crippen LogP contribution in [0.5, 0.6) is 11.5 Å². The second kappa shape index (κ2) is 10.1. The smallest absolute Gasteiger partial charge is 0.246 e. The molecule has 2 amide bonds. The van der Waals surface area contributed by atoms with Gasteiger partial charge in [0, 0.05) is 31.4 Å². The number of ether oxygens (including phenoxy) is 2. The van der Waals surface area contributed by atoms with Crippen LogP contribution in [0.25, 0.3) is 6.08 Å². The summed E-state index contributed by atoms with van der Waals surface area (Å²) in [7, 11) is 3.15. The summed E-state index contributed by atoms with van der Waals surface area (Å²) in [4.78, 5) is 31.0. The lowest BCUT2D eigenvalue weighted by atomic mass is 9.97. The second-order valence-electron chi connectivity index (χ2n) is 6.95. The first-order valence-electron chi connectivity index (χ1n) is 9.61. The van der Waals surface area contributed by atoms with Gasteiger partial charge in [0.1, 0.15) is 17.3 Å². The standard InChI is InChI=1S/C22H24ClN3O4/c1-29-18-10-15(11-19(12-18)30-2)5-8-21(27)26-9-3-4-16(14-26)22(28)25-20-7-6-17(23)13-24-20/h5-8,10-13,16H,3-4,9,14H2,1-2H3,(H,24,25,28). The molecule has 1 fully saturated rings. The van der Waals surface area contributed by atoms with E-state index in [-0.39, 0.29) is 17.7 Å². The molecule has 0 saturated carbocycles. The molecule has 1 aromatic carbocycles. The van der Waals surface area contributed by atoms with Crippen LogP contribution < -0.4 is 14.8 Å². The third-order valence-corrected chi connectivity index (χ3v) is 5.10. The predicted molar refractivity (Wildman–Crippen MR) is 116 cm³/mol. The number of rotatable bonds is 6. The number of benzene rings is 1. The Morgan fingerprint density at radius 3 is 2.57 bits per heavy atom. The maximum Gasteiger partial charge on any atom is 0.246 e. The second-order valence-corrected chi connectivity index (χ2v) is 7.39. The number of carbonyl (C=O) groups excluding carboxylic acids is 2. The Balaban J connectivity index is 1.61. The first-order valence-corrected chi connectivity index (χ1v) is 9.99. The molecule has 0 bridgehead atoms. The largest absolute Gasteiger partial charge is 0.497 e. The zero-order valence-electron chi connectivity index (χ0n) is 16.9. The summed E-state index contributed by atoms with van der Waals surface area (Å²) < 4.78 is 10.5. The van der Waals surface area contributed by atoms with Crippen LogP contribution in [0.15, 0.2) is 42.6 Å². The van der Waals surface area contributed by atoms with E-state index in [4.69, 9.17) is 21.1 Å². The molecule has 1 N–H and O–H groups in total. The summed E-state index contributed by atoms with van der Waals surface area (Å²) >= 11 is 5.82. The molecule has 0 aliphatic carbocycles. The van der Waals surface area contributed by atoms with Crippen LogP contribution in [0.3, 0.4) is 0 Å². The maximum atomic E-state index is 12.7. The first kappa shape index (κ1) is 21.6. The molecule has 0 radical (unpaired) electrons.